The van der Waals surface area contributed by atoms with Crippen LogP contribution in [0.4, 0.5) is 0 Å². The van der Waals surface area contributed by atoms with Gasteiger partial charge >= 0.3 is 0 Å². The summed E-state index contributed by atoms with van der Waals surface area (Å²) in [5, 5.41) is 3.20. The molecule has 1 unspecified atom stereocenters. The van der Waals surface area contributed by atoms with Gasteiger partial charge in [-0.15, -0.1) is 0 Å². The number of benzene rings is 2. The Labute approximate surface area is 200 Å². The Morgan fingerprint density at radius 2 is 1.70 bits per heavy atom. The summed E-state index contributed by atoms with van der Waals surface area (Å²) in [5.41, 5.74) is 0.780. The molecule has 1 atom stereocenters. The van der Waals surface area contributed by atoms with Crippen molar-refractivity contribution < 1.29 is 22.7 Å². The molecule has 2 aromatic carbocycles. The smallest absolute Gasteiger partial charge is 0.243 e. The topological polar surface area (TPSA) is 96.0 Å². The molecule has 0 bridgehead atoms. The Kier molecular flexibility index (Phi) is 9.70. The van der Waals surface area contributed by atoms with Crippen molar-refractivity contribution in [3.63, 3.8) is 0 Å². The highest BCUT2D eigenvalue weighted by Crippen LogP contribution is 2.19. The SMILES string of the molecule is CCCNC(=O)C(C)N(Cc1ccc(OC)cc1)C(=O)CN(C)S(=O)(=O)c1ccc(Cl)cc1. The summed E-state index contributed by atoms with van der Waals surface area (Å²) in [5.74, 6) is -0.133. The molecule has 0 aliphatic heterocycles. The molecule has 2 amide bonds. The van der Waals surface area contributed by atoms with E-state index in [9.17, 15) is 18.0 Å². The summed E-state index contributed by atoms with van der Waals surface area (Å²) < 4.78 is 31.9. The van der Waals surface area contributed by atoms with Gasteiger partial charge in [0.15, 0.2) is 0 Å². The quantitative estimate of drug-likeness (QED) is 0.517. The minimum Gasteiger partial charge on any atom is -0.497 e. The first-order valence-electron chi connectivity index (χ1n) is 10.5. The number of hydrogen-bond acceptors (Lipinski definition) is 5. The molecule has 33 heavy (non-hydrogen) atoms. The van der Waals surface area contributed by atoms with Gasteiger partial charge in [-0.2, -0.15) is 4.31 Å². The first kappa shape index (κ1) is 26.6. The van der Waals surface area contributed by atoms with E-state index < -0.39 is 28.5 Å². The third-order valence-electron chi connectivity index (χ3n) is 5.11. The first-order valence-corrected chi connectivity index (χ1v) is 12.3. The molecule has 8 nitrogen and oxygen atoms in total. The maximum absolute atomic E-state index is 13.2. The molecule has 0 aliphatic carbocycles. The molecule has 0 saturated heterocycles. The van der Waals surface area contributed by atoms with Crippen LogP contribution in [0.3, 0.4) is 0 Å². The van der Waals surface area contributed by atoms with Gasteiger partial charge in [0.25, 0.3) is 0 Å². The number of carbonyl (C=O) groups is 2. The van der Waals surface area contributed by atoms with Gasteiger partial charge in [0.2, 0.25) is 21.8 Å². The highest BCUT2D eigenvalue weighted by atomic mass is 35.5. The summed E-state index contributed by atoms with van der Waals surface area (Å²) in [6.07, 6.45) is 0.757. The number of methoxy groups -OCH3 is 1. The first-order chi connectivity index (χ1) is 15.6. The van der Waals surface area contributed by atoms with E-state index in [2.05, 4.69) is 5.32 Å². The van der Waals surface area contributed by atoms with E-state index in [1.807, 2.05) is 6.92 Å². The van der Waals surface area contributed by atoms with E-state index in [1.54, 1.807) is 38.3 Å². The lowest BCUT2D eigenvalue weighted by Gasteiger charge is -2.30. The fourth-order valence-electron chi connectivity index (χ4n) is 3.06. The summed E-state index contributed by atoms with van der Waals surface area (Å²) >= 11 is 5.85. The number of likely N-dealkylation sites (N-methyl/N-ethyl adjacent to an activating group) is 1. The molecule has 0 aliphatic rings. The largest absolute Gasteiger partial charge is 0.497 e. The molecule has 180 valence electrons. The zero-order valence-corrected chi connectivity index (χ0v) is 20.8. The third kappa shape index (κ3) is 7.18. The highest BCUT2D eigenvalue weighted by molar-refractivity contribution is 7.89. The van der Waals surface area contributed by atoms with Gasteiger partial charge in [0, 0.05) is 25.2 Å². The van der Waals surface area contributed by atoms with Crippen LogP contribution in [0.25, 0.3) is 0 Å². The zero-order chi connectivity index (χ0) is 24.6. The van der Waals surface area contributed by atoms with Crippen molar-refractivity contribution >= 4 is 33.4 Å². The normalized spacial score (nSPS) is 12.3. The standard InChI is InChI=1S/C23H30ClN3O5S/c1-5-14-25-23(29)17(2)27(15-18-6-10-20(32-4)11-7-18)22(28)16-26(3)33(30,31)21-12-8-19(24)9-13-21/h6-13,17H,5,14-16H2,1-4H3,(H,25,29). The summed E-state index contributed by atoms with van der Waals surface area (Å²) in [6.45, 7) is 3.76. The van der Waals surface area contributed by atoms with Crippen LogP contribution in [-0.4, -0.2) is 62.7 Å². The second kappa shape index (κ2) is 12.0. The van der Waals surface area contributed by atoms with Gasteiger partial charge in [-0.1, -0.05) is 30.7 Å². The van der Waals surface area contributed by atoms with E-state index in [0.29, 0.717) is 17.3 Å². The molecule has 0 heterocycles. The van der Waals surface area contributed by atoms with Crippen molar-refractivity contribution in [3.05, 3.63) is 59.1 Å². The van der Waals surface area contributed by atoms with E-state index in [4.69, 9.17) is 16.3 Å². The number of carbonyl (C=O) groups excluding carboxylic acids is 2. The Hall–Kier alpha value is -2.62. The summed E-state index contributed by atoms with van der Waals surface area (Å²) in [7, 11) is -1.03. The summed E-state index contributed by atoms with van der Waals surface area (Å²) in [6, 6.07) is 12.0. The third-order valence-corrected chi connectivity index (χ3v) is 7.18. The average Bonchev–Trinajstić information content (AvgIpc) is 2.81. The van der Waals surface area contributed by atoms with Crippen molar-refractivity contribution in [1.29, 1.82) is 0 Å². The Morgan fingerprint density at radius 3 is 2.24 bits per heavy atom. The number of hydrogen-bond donors (Lipinski definition) is 1. The summed E-state index contributed by atoms with van der Waals surface area (Å²) in [4.78, 5) is 27.2. The fraction of sp³-hybridized carbons (Fsp3) is 0.391. The van der Waals surface area contributed by atoms with Gasteiger partial charge in [0.05, 0.1) is 18.6 Å². The van der Waals surface area contributed by atoms with E-state index in [0.717, 1.165) is 16.3 Å². The molecule has 1 N–H and O–H groups in total. The number of ether oxygens (including phenoxy) is 1. The predicted molar refractivity (Wildman–Crippen MR) is 128 cm³/mol. The van der Waals surface area contributed by atoms with E-state index in [1.165, 1.54) is 36.2 Å². The van der Waals surface area contributed by atoms with Crippen molar-refractivity contribution in [3.8, 4) is 5.75 Å². The van der Waals surface area contributed by atoms with Crippen molar-refractivity contribution in [2.24, 2.45) is 0 Å². The maximum Gasteiger partial charge on any atom is 0.243 e. The van der Waals surface area contributed by atoms with Crippen LogP contribution < -0.4 is 10.1 Å². The Morgan fingerprint density at radius 1 is 1.09 bits per heavy atom. The van der Waals surface area contributed by atoms with Crippen molar-refractivity contribution in [2.75, 3.05) is 27.2 Å². The van der Waals surface area contributed by atoms with Crippen LogP contribution in [0.5, 0.6) is 5.75 Å². The second-order valence-corrected chi connectivity index (χ2v) is 10.0. The minimum absolute atomic E-state index is 0.0256. The number of sulfonamides is 1. The number of amides is 2. The molecule has 0 aromatic heterocycles. The van der Waals surface area contributed by atoms with Crippen LogP contribution in [0, 0.1) is 0 Å². The fourth-order valence-corrected chi connectivity index (χ4v) is 4.31. The monoisotopic (exact) mass is 495 g/mol. The van der Waals surface area contributed by atoms with Gasteiger partial charge in [-0.05, 0) is 55.3 Å². The Balaban J connectivity index is 2.25. The molecule has 2 aromatic rings. The van der Waals surface area contributed by atoms with Gasteiger partial charge < -0.3 is 15.0 Å². The van der Waals surface area contributed by atoms with E-state index >= 15 is 0 Å². The lowest BCUT2D eigenvalue weighted by atomic mass is 10.1. The van der Waals surface area contributed by atoms with Crippen LogP contribution >= 0.6 is 11.6 Å². The highest BCUT2D eigenvalue weighted by Gasteiger charge is 2.30. The van der Waals surface area contributed by atoms with Crippen LogP contribution in [0.2, 0.25) is 5.02 Å². The van der Waals surface area contributed by atoms with Crippen LogP contribution in [-0.2, 0) is 26.2 Å². The molecule has 0 fully saturated rings. The van der Waals surface area contributed by atoms with Gasteiger partial charge in [-0.25, -0.2) is 8.42 Å². The lowest BCUT2D eigenvalue weighted by molar-refractivity contribution is -0.140. The van der Waals surface area contributed by atoms with Crippen LogP contribution in [0.15, 0.2) is 53.4 Å². The predicted octanol–water partition coefficient (Wildman–Crippen LogP) is 2.91. The lowest BCUT2D eigenvalue weighted by Crippen LogP contribution is -2.50. The van der Waals surface area contributed by atoms with Crippen molar-refractivity contribution in [2.45, 2.75) is 37.8 Å². The Bertz CT molecular complexity index is 1040. The number of halogens is 1. The number of rotatable bonds is 11. The maximum atomic E-state index is 13.2. The van der Waals surface area contributed by atoms with Crippen molar-refractivity contribution in [1.82, 2.24) is 14.5 Å². The molecular weight excluding hydrogens is 466 g/mol. The van der Waals surface area contributed by atoms with Crippen LogP contribution in [0.1, 0.15) is 25.8 Å². The molecule has 10 heteroatoms. The molecular formula is C23H30ClN3O5S. The minimum atomic E-state index is -3.92. The second-order valence-electron chi connectivity index (χ2n) is 7.55. The number of nitrogens with one attached hydrogen (secondary N) is 1. The molecule has 0 radical (unpaired) electrons. The van der Waals surface area contributed by atoms with Gasteiger partial charge in [-0.3, -0.25) is 9.59 Å². The molecule has 0 saturated carbocycles. The molecule has 2 rings (SSSR count). The average molecular weight is 496 g/mol. The number of nitrogens with zero attached hydrogens (tertiary/aromatic N) is 2. The zero-order valence-electron chi connectivity index (χ0n) is 19.2. The molecule has 0 spiro atoms. The van der Waals surface area contributed by atoms with Gasteiger partial charge in [0.1, 0.15) is 11.8 Å². The van der Waals surface area contributed by atoms with E-state index in [-0.39, 0.29) is 17.3 Å².